The number of anilines is 1. The minimum Gasteiger partial charge on any atom is -0.378 e. The Hall–Kier alpha value is -2.47. The fourth-order valence-electron chi connectivity index (χ4n) is 2.92. The van der Waals surface area contributed by atoms with E-state index < -0.39 is 0 Å². The molecule has 1 aromatic heterocycles. The van der Waals surface area contributed by atoms with Crippen molar-refractivity contribution in [3.8, 4) is 0 Å². The molecule has 25 heavy (non-hydrogen) atoms. The summed E-state index contributed by atoms with van der Waals surface area (Å²) in [7, 11) is 0. The number of amides is 1. The average Bonchev–Trinajstić information content (AvgIpc) is 3.12. The molecule has 1 fully saturated rings. The first kappa shape index (κ1) is 17.4. The van der Waals surface area contributed by atoms with Crippen molar-refractivity contribution in [2.75, 3.05) is 11.9 Å². The molecule has 6 heteroatoms. The molecule has 1 atom stereocenters. The highest BCUT2D eigenvalue weighted by Gasteiger charge is 2.17. The number of pyridine rings is 1. The van der Waals surface area contributed by atoms with Gasteiger partial charge in [-0.2, -0.15) is 0 Å². The number of halogens is 1. The van der Waals surface area contributed by atoms with Crippen molar-refractivity contribution in [3.05, 3.63) is 64.3 Å². The highest BCUT2D eigenvalue weighted by molar-refractivity contribution is 5.90. The Morgan fingerprint density at radius 2 is 2.08 bits per heavy atom. The van der Waals surface area contributed by atoms with Crippen LogP contribution in [0.15, 0.2) is 47.4 Å². The summed E-state index contributed by atoms with van der Waals surface area (Å²) in [6.45, 7) is 1.08. The molecular weight excluding hydrogens is 323 g/mol. The Bertz CT molecular complexity index is 780. The number of ether oxygens (including phenoxy) is 1. The zero-order valence-electron chi connectivity index (χ0n) is 13.9. The zero-order chi connectivity index (χ0) is 17.6. The van der Waals surface area contributed by atoms with Crippen LogP contribution in [0.25, 0.3) is 0 Å². The van der Waals surface area contributed by atoms with Crippen molar-refractivity contribution < 1.29 is 13.9 Å². The van der Waals surface area contributed by atoms with E-state index in [4.69, 9.17) is 4.74 Å². The van der Waals surface area contributed by atoms with Gasteiger partial charge in [0.2, 0.25) is 5.91 Å². The fourth-order valence-corrected chi connectivity index (χ4v) is 2.92. The standard InChI is InChI=1S/C19H21FN2O3/c20-15-7-5-14(6-8-15)13-22-11-1-4-17(19(22)24)21-18(23)10-9-16-3-2-12-25-16/h1,4-8,11,16H,2-3,9-10,12-13H2,(H,21,23)/t16-/m1/s1. The van der Waals surface area contributed by atoms with Gasteiger partial charge in [0.1, 0.15) is 11.5 Å². The molecule has 0 unspecified atom stereocenters. The van der Waals surface area contributed by atoms with E-state index in [0.717, 1.165) is 25.0 Å². The molecule has 2 aromatic rings. The zero-order valence-corrected chi connectivity index (χ0v) is 13.9. The molecule has 2 heterocycles. The van der Waals surface area contributed by atoms with Crippen LogP contribution in [0.3, 0.4) is 0 Å². The summed E-state index contributed by atoms with van der Waals surface area (Å²) in [6, 6.07) is 9.28. The highest BCUT2D eigenvalue weighted by atomic mass is 19.1. The lowest BCUT2D eigenvalue weighted by Gasteiger charge is -2.11. The minimum absolute atomic E-state index is 0.150. The maximum atomic E-state index is 13.0. The van der Waals surface area contributed by atoms with Gasteiger partial charge in [0.05, 0.1) is 12.6 Å². The van der Waals surface area contributed by atoms with Crippen molar-refractivity contribution in [1.29, 1.82) is 0 Å². The topological polar surface area (TPSA) is 60.3 Å². The number of nitrogens with one attached hydrogen (secondary N) is 1. The van der Waals surface area contributed by atoms with Gasteiger partial charge in [0.25, 0.3) is 5.56 Å². The van der Waals surface area contributed by atoms with Gasteiger partial charge in [-0.05, 0) is 49.1 Å². The summed E-state index contributed by atoms with van der Waals surface area (Å²) in [5.41, 5.74) is 0.782. The van der Waals surface area contributed by atoms with Crippen LogP contribution in [0.2, 0.25) is 0 Å². The SMILES string of the molecule is O=C(CC[C@H]1CCCO1)Nc1cccn(Cc2ccc(F)cc2)c1=O. The number of carbonyl (C=O) groups is 1. The van der Waals surface area contributed by atoms with Crippen molar-refractivity contribution in [2.24, 2.45) is 0 Å². The number of carbonyl (C=O) groups excluding carboxylic acids is 1. The molecule has 132 valence electrons. The first-order chi connectivity index (χ1) is 12.1. The van der Waals surface area contributed by atoms with Gasteiger partial charge in [-0.1, -0.05) is 12.1 Å². The molecule has 1 aromatic carbocycles. The Morgan fingerprint density at radius 3 is 2.80 bits per heavy atom. The van der Waals surface area contributed by atoms with E-state index in [1.165, 1.54) is 16.7 Å². The summed E-state index contributed by atoms with van der Waals surface area (Å²) in [5, 5.41) is 2.68. The summed E-state index contributed by atoms with van der Waals surface area (Å²) in [4.78, 5) is 24.6. The first-order valence-electron chi connectivity index (χ1n) is 8.47. The van der Waals surface area contributed by atoms with Crippen molar-refractivity contribution in [2.45, 2.75) is 38.3 Å². The lowest BCUT2D eigenvalue weighted by atomic mass is 10.1. The third-order valence-corrected chi connectivity index (χ3v) is 4.28. The predicted octanol–water partition coefficient (Wildman–Crippen LogP) is 2.93. The molecular formula is C19H21FN2O3. The summed E-state index contributed by atoms with van der Waals surface area (Å²) >= 11 is 0. The molecule has 3 rings (SSSR count). The van der Waals surface area contributed by atoms with Gasteiger partial charge >= 0.3 is 0 Å². The molecule has 1 amide bonds. The first-order valence-corrected chi connectivity index (χ1v) is 8.47. The van der Waals surface area contributed by atoms with E-state index in [1.54, 1.807) is 30.5 Å². The monoisotopic (exact) mass is 344 g/mol. The van der Waals surface area contributed by atoms with Crippen LogP contribution in [-0.4, -0.2) is 23.2 Å². The minimum atomic E-state index is -0.316. The molecule has 0 saturated carbocycles. The highest BCUT2D eigenvalue weighted by Crippen LogP contribution is 2.17. The normalized spacial score (nSPS) is 16.8. The number of aromatic nitrogens is 1. The molecule has 1 aliphatic rings. The average molecular weight is 344 g/mol. The largest absolute Gasteiger partial charge is 0.378 e. The molecule has 0 radical (unpaired) electrons. The van der Waals surface area contributed by atoms with Crippen molar-refractivity contribution in [1.82, 2.24) is 4.57 Å². The Kier molecular flexibility index (Phi) is 5.60. The smallest absolute Gasteiger partial charge is 0.274 e. The fraction of sp³-hybridized carbons (Fsp3) is 0.368. The van der Waals surface area contributed by atoms with E-state index in [0.29, 0.717) is 19.4 Å². The van der Waals surface area contributed by atoms with Gasteiger partial charge < -0.3 is 14.6 Å². The lowest BCUT2D eigenvalue weighted by Crippen LogP contribution is -2.26. The van der Waals surface area contributed by atoms with Gasteiger partial charge in [0, 0.05) is 19.2 Å². The lowest BCUT2D eigenvalue weighted by molar-refractivity contribution is -0.116. The number of hydrogen-bond acceptors (Lipinski definition) is 3. The summed E-state index contributed by atoms with van der Waals surface area (Å²) < 4.78 is 20.0. The Morgan fingerprint density at radius 1 is 1.28 bits per heavy atom. The third kappa shape index (κ3) is 4.76. The molecule has 0 spiro atoms. The quantitative estimate of drug-likeness (QED) is 0.876. The number of nitrogens with zero attached hydrogens (tertiary/aromatic N) is 1. The van der Waals surface area contributed by atoms with E-state index in [1.807, 2.05) is 0 Å². The predicted molar refractivity (Wildman–Crippen MR) is 93.0 cm³/mol. The van der Waals surface area contributed by atoms with Crippen molar-refractivity contribution >= 4 is 11.6 Å². The van der Waals surface area contributed by atoms with Gasteiger partial charge in [-0.15, -0.1) is 0 Å². The van der Waals surface area contributed by atoms with E-state index in [2.05, 4.69) is 5.32 Å². The van der Waals surface area contributed by atoms with E-state index in [-0.39, 0.29) is 29.1 Å². The van der Waals surface area contributed by atoms with Gasteiger partial charge in [-0.3, -0.25) is 9.59 Å². The summed E-state index contributed by atoms with van der Waals surface area (Å²) in [6.07, 6.45) is 4.83. The van der Waals surface area contributed by atoms with Crippen molar-refractivity contribution in [3.63, 3.8) is 0 Å². The maximum Gasteiger partial charge on any atom is 0.274 e. The van der Waals surface area contributed by atoms with Crippen LogP contribution in [0.5, 0.6) is 0 Å². The van der Waals surface area contributed by atoms with Crippen LogP contribution in [0, 0.1) is 5.82 Å². The molecule has 1 aliphatic heterocycles. The molecule has 0 bridgehead atoms. The second kappa shape index (κ2) is 8.07. The van der Waals surface area contributed by atoms with Gasteiger partial charge in [0.15, 0.2) is 0 Å². The number of benzene rings is 1. The second-order valence-electron chi connectivity index (χ2n) is 6.20. The molecule has 5 nitrogen and oxygen atoms in total. The number of hydrogen-bond donors (Lipinski definition) is 1. The Balaban J connectivity index is 1.62. The van der Waals surface area contributed by atoms with Crippen LogP contribution in [-0.2, 0) is 16.1 Å². The number of rotatable bonds is 6. The summed E-state index contributed by atoms with van der Waals surface area (Å²) in [5.74, 6) is -0.504. The third-order valence-electron chi connectivity index (χ3n) is 4.28. The van der Waals surface area contributed by atoms with E-state index in [9.17, 15) is 14.0 Å². The van der Waals surface area contributed by atoms with Gasteiger partial charge in [-0.25, -0.2) is 4.39 Å². The molecule has 1 N–H and O–H groups in total. The molecule has 0 aliphatic carbocycles. The Labute approximate surface area is 145 Å². The van der Waals surface area contributed by atoms with Crippen LogP contribution in [0.1, 0.15) is 31.2 Å². The van der Waals surface area contributed by atoms with E-state index >= 15 is 0 Å². The van der Waals surface area contributed by atoms with Crippen LogP contribution < -0.4 is 10.9 Å². The van der Waals surface area contributed by atoms with Crippen LogP contribution >= 0.6 is 0 Å². The molecule has 1 saturated heterocycles. The maximum absolute atomic E-state index is 13.0. The second-order valence-corrected chi connectivity index (χ2v) is 6.20. The van der Waals surface area contributed by atoms with Crippen LogP contribution in [0.4, 0.5) is 10.1 Å².